The molecule has 3 N–H and O–H groups in total. The van der Waals surface area contributed by atoms with Crippen molar-refractivity contribution in [1.29, 1.82) is 0 Å². The standard InChI is InChI=1S/C21H24ClN3OS/c22-17-6-3-7-18(23)19(17)20-15-5-2-1-4-14(15)16(21(27)24-20)8-9-25-10-12-26-13-11-25/h1-7,16,20H,8-13,23H2,(H,24,27). The van der Waals surface area contributed by atoms with E-state index in [4.69, 9.17) is 34.3 Å². The van der Waals surface area contributed by atoms with Gasteiger partial charge >= 0.3 is 0 Å². The lowest BCUT2D eigenvalue weighted by molar-refractivity contribution is 0.0371. The second-order valence-electron chi connectivity index (χ2n) is 7.11. The summed E-state index contributed by atoms with van der Waals surface area (Å²) in [6, 6.07) is 14.0. The van der Waals surface area contributed by atoms with Gasteiger partial charge in [-0.2, -0.15) is 0 Å². The summed E-state index contributed by atoms with van der Waals surface area (Å²) in [5.74, 6) is 0.207. The number of nitrogens with two attached hydrogens (primary N) is 1. The summed E-state index contributed by atoms with van der Waals surface area (Å²) in [6.07, 6.45) is 0.994. The van der Waals surface area contributed by atoms with E-state index in [1.54, 1.807) is 0 Å². The van der Waals surface area contributed by atoms with Gasteiger partial charge in [-0.25, -0.2) is 0 Å². The van der Waals surface area contributed by atoms with Gasteiger partial charge in [-0.15, -0.1) is 0 Å². The molecule has 4 nitrogen and oxygen atoms in total. The number of nitrogens with zero attached hydrogens (tertiary/aromatic N) is 1. The van der Waals surface area contributed by atoms with Crippen LogP contribution in [0.1, 0.15) is 35.1 Å². The largest absolute Gasteiger partial charge is 0.398 e. The molecule has 2 heterocycles. The molecule has 1 saturated heterocycles. The molecule has 0 aliphatic carbocycles. The summed E-state index contributed by atoms with van der Waals surface area (Å²) >= 11 is 12.3. The van der Waals surface area contributed by atoms with Crippen molar-refractivity contribution in [2.75, 3.05) is 38.6 Å². The number of ether oxygens (including phenoxy) is 1. The SMILES string of the molecule is Nc1cccc(Cl)c1C1NC(=S)C(CCN2CCOCC2)c2ccccc21. The topological polar surface area (TPSA) is 50.5 Å². The lowest BCUT2D eigenvalue weighted by Gasteiger charge is -2.36. The summed E-state index contributed by atoms with van der Waals surface area (Å²) < 4.78 is 5.45. The van der Waals surface area contributed by atoms with E-state index in [0.29, 0.717) is 10.7 Å². The van der Waals surface area contributed by atoms with Crippen LogP contribution < -0.4 is 11.1 Å². The molecule has 2 aromatic rings. The Morgan fingerprint density at radius 1 is 1.11 bits per heavy atom. The smallest absolute Gasteiger partial charge is 0.0837 e. The van der Waals surface area contributed by atoms with Gasteiger partial charge in [0, 0.05) is 35.3 Å². The van der Waals surface area contributed by atoms with Gasteiger partial charge in [0.05, 0.1) is 24.2 Å². The molecular formula is C21H24ClN3OS. The van der Waals surface area contributed by atoms with Crippen LogP contribution in [0, 0.1) is 0 Å². The number of halogens is 1. The number of benzene rings is 2. The number of thiocarbonyl (C=S) groups is 1. The molecule has 0 bridgehead atoms. The highest BCUT2D eigenvalue weighted by atomic mass is 35.5. The molecule has 142 valence electrons. The third kappa shape index (κ3) is 3.83. The first kappa shape index (κ1) is 18.7. The summed E-state index contributed by atoms with van der Waals surface area (Å²) in [7, 11) is 0. The Balaban J connectivity index is 1.63. The van der Waals surface area contributed by atoms with Gasteiger partial charge in [-0.3, -0.25) is 4.90 Å². The average Bonchev–Trinajstić information content (AvgIpc) is 2.68. The Morgan fingerprint density at radius 3 is 2.59 bits per heavy atom. The number of anilines is 1. The molecule has 0 radical (unpaired) electrons. The van der Waals surface area contributed by atoms with Crippen molar-refractivity contribution in [2.45, 2.75) is 18.4 Å². The number of hydrogen-bond acceptors (Lipinski definition) is 4. The normalized spacial score (nSPS) is 22.9. The molecule has 2 unspecified atom stereocenters. The minimum absolute atomic E-state index is 0.109. The van der Waals surface area contributed by atoms with Crippen LogP contribution in [0.15, 0.2) is 42.5 Å². The molecular weight excluding hydrogens is 378 g/mol. The second kappa shape index (κ2) is 8.15. The maximum Gasteiger partial charge on any atom is 0.0837 e. The molecule has 1 fully saturated rings. The Kier molecular flexibility index (Phi) is 5.64. The summed E-state index contributed by atoms with van der Waals surface area (Å²) in [6.45, 7) is 4.64. The number of morpholine rings is 1. The van der Waals surface area contributed by atoms with E-state index in [-0.39, 0.29) is 12.0 Å². The van der Waals surface area contributed by atoms with Crippen LogP contribution in [0.5, 0.6) is 0 Å². The van der Waals surface area contributed by atoms with Gasteiger partial charge in [0.25, 0.3) is 0 Å². The minimum Gasteiger partial charge on any atom is -0.398 e. The Labute approximate surface area is 170 Å². The van der Waals surface area contributed by atoms with Gasteiger partial charge in [-0.05, 0) is 36.2 Å². The maximum absolute atomic E-state index is 6.49. The maximum atomic E-state index is 6.49. The Bertz CT molecular complexity index is 818. The predicted octanol–water partition coefficient (Wildman–Crippen LogP) is 3.75. The molecule has 0 amide bonds. The van der Waals surface area contributed by atoms with Crippen LogP contribution in [0.3, 0.4) is 0 Å². The van der Waals surface area contributed by atoms with E-state index in [1.807, 2.05) is 18.2 Å². The van der Waals surface area contributed by atoms with Crippen LogP contribution in [-0.4, -0.2) is 42.7 Å². The molecule has 0 aromatic heterocycles. The zero-order chi connectivity index (χ0) is 18.8. The lowest BCUT2D eigenvalue weighted by Crippen LogP contribution is -2.41. The molecule has 2 atom stereocenters. The molecule has 0 spiro atoms. The minimum atomic E-state index is -0.109. The third-order valence-corrected chi connectivity index (χ3v) is 6.23. The zero-order valence-electron chi connectivity index (χ0n) is 15.2. The van der Waals surface area contributed by atoms with E-state index in [0.717, 1.165) is 49.8 Å². The fraction of sp³-hybridized carbons (Fsp3) is 0.381. The Hall–Kier alpha value is -1.66. The van der Waals surface area contributed by atoms with Gasteiger partial charge in [0.15, 0.2) is 0 Å². The van der Waals surface area contributed by atoms with Crippen LogP contribution >= 0.6 is 23.8 Å². The fourth-order valence-corrected chi connectivity index (χ4v) is 4.72. The van der Waals surface area contributed by atoms with Crippen molar-refractivity contribution < 1.29 is 4.74 Å². The fourth-order valence-electron chi connectivity index (χ4n) is 4.06. The highest BCUT2D eigenvalue weighted by Gasteiger charge is 2.33. The molecule has 2 aliphatic rings. The van der Waals surface area contributed by atoms with Crippen molar-refractivity contribution in [3.05, 3.63) is 64.2 Å². The monoisotopic (exact) mass is 401 g/mol. The quantitative estimate of drug-likeness (QED) is 0.603. The number of rotatable bonds is 4. The van der Waals surface area contributed by atoms with Gasteiger partial charge in [0.2, 0.25) is 0 Å². The third-order valence-electron chi connectivity index (χ3n) is 5.50. The summed E-state index contributed by atoms with van der Waals surface area (Å²) in [5, 5.41) is 4.20. The van der Waals surface area contributed by atoms with E-state index in [1.165, 1.54) is 11.1 Å². The number of nitrogen functional groups attached to an aromatic ring is 1. The highest BCUT2D eigenvalue weighted by Crippen LogP contribution is 2.40. The van der Waals surface area contributed by atoms with E-state index in [2.05, 4.69) is 34.5 Å². The van der Waals surface area contributed by atoms with E-state index < -0.39 is 0 Å². The Morgan fingerprint density at radius 2 is 1.85 bits per heavy atom. The molecule has 2 aliphatic heterocycles. The van der Waals surface area contributed by atoms with Gasteiger partial charge < -0.3 is 15.8 Å². The first-order valence-corrected chi connectivity index (χ1v) is 10.2. The average molecular weight is 402 g/mol. The van der Waals surface area contributed by atoms with Crippen LogP contribution in [-0.2, 0) is 4.74 Å². The van der Waals surface area contributed by atoms with Crippen LogP contribution in [0.2, 0.25) is 5.02 Å². The van der Waals surface area contributed by atoms with E-state index >= 15 is 0 Å². The molecule has 27 heavy (non-hydrogen) atoms. The number of hydrogen-bond donors (Lipinski definition) is 2. The highest BCUT2D eigenvalue weighted by molar-refractivity contribution is 7.80. The van der Waals surface area contributed by atoms with Gasteiger partial charge in [0.1, 0.15) is 0 Å². The molecule has 4 rings (SSSR count). The van der Waals surface area contributed by atoms with Crippen molar-refractivity contribution in [2.24, 2.45) is 0 Å². The van der Waals surface area contributed by atoms with Crippen LogP contribution in [0.4, 0.5) is 5.69 Å². The number of fused-ring (bicyclic) bond motifs is 1. The molecule has 2 aromatic carbocycles. The first-order chi connectivity index (χ1) is 13.1. The second-order valence-corrected chi connectivity index (χ2v) is 7.96. The van der Waals surface area contributed by atoms with Crippen LogP contribution in [0.25, 0.3) is 0 Å². The summed E-state index contributed by atoms with van der Waals surface area (Å²) in [5.41, 5.74) is 10.3. The predicted molar refractivity (Wildman–Crippen MR) is 115 cm³/mol. The number of nitrogens with one attached hydrogen (secondary N) is 1. The molecule has 0 saturated carbocycles. The zero-order valence-corrected chi connectivity index (χ0v) is 16.7. The lowest BCUT2D eigenvalue weighted by atomic mass is 9.82. The molecule has 6 heteroatoms. The van der Waals surface area contributed by atoms with Crippen molar-refractivity contribution >= 4 is 34.5 Å². The summed E-state index contributed by atoms with van der Waals surface area (Å²) in [4.78, 5) is 3.32. The first-order valence-electron chi connectivity index (χ1n) is 9.38. The van der Waals surface area contributed by atoms with Crippen molar-refractivity contribution in [3.8, 4) is 0 Å². The van der Waals surface area contributed by atoms with Crippen molar-refractivity contribution in [3.63, 3.8) is 0 Å². The van der Waals surface area contributed by atoms with Crippen molar-refractivity contribution in [1.82, 2.24) is 10.2 Å². The van der Waals surface area contributed by atoms with Gasteiger partial charge in [-0.1, -0.05) is 54.2 Å². The van der Waals surface area contributed by atoms with E-state index in [9.17, 15) is 0 Å².